The fourth-order valence-electron chi connectivity index (χ4n) is 5.51. The van der Waals surface area contributed by atoms with E-state index < -0.39 is 0 Å². The summed E-state index contributed by atoms with van der Waals surface area (Å²) in [5.74, 6) is 0.786. The normalized spacial score (nSPS) is 16.7. The number of imidazole rings is 1. The lowest BCUT2D eigenvalue weighted by molar-refractivity contribution is 0.132. The van der Waals surface area contributed by atoms with Crippen molar-refractivity contribution >= 4 is 39.7 Å². The molecule has 0 bridgehead atoms. The lowest BCUT2D eigenvalue weighted by Crippen LogP contribution is -2.48. The molecule has 2 aliphatic rings. The number of H-pyrrole nitrogens is 1. The molecule has 0 aliphatic carbocycles. The third kappa shape index (κ3) is 5.07. The van der Waals surface area contributed by atoms with Crippen LogP contribution in [0.4, 0.5) is 5.69 Å². The van der Waals surface area contributed by atoms with Gasteiger partial charge in [-0.3, -0.25) is 14.3 Å². The highest BCUT2D eigenvalue weighted by Crippen LogP contribution is 2.35. The van der Waals surface area contributed by atoms with E-state index in [1.807, 2.05) is 22.9 Å². The van der Waals surface area contributed by atoms with E-state index in [9.17, 15) is 5.11 Å². The first kappa shape index (κ1) is 25.7. The van der Waals surface area contributed by atoms with Gasteiger partial charge in [0.15, 0.2) is 5.65 Å². The van der Waals surface area contributed by atoms with Gasteiger partial charge in [-0.15, -0.1) is 0 Å². The van der Waals surface area contributed by atoms with E-state index in [2.05, 4.69) is 75.4 Å². The number of nitrogens with one attached hydrogen (secondary N) is 2. The van der Waals surface area contributed by atoms with E-state index >= 15 is 0 Å². The molecule has 0 atom stereocenters. The van der Waals surface area contributed by atoms with Crippen LogP contribution in [-0.2, 0) is 6.42 Å². The number of allylic oxidation sites excluding steroid dienone is 1. The number of piperazine rings is 1. The highest BCUT2D eigenvalue weighted by molar-refractivity contribution is 6.33. The predicted molar refractivity (Wildman–Crippen MR) is 160 cm³/mol. The van der Waals surface area contributed by atoms with Crippen LogP contribution in [0.25, 0.3) is 27.7 Å². The molecule has 1 saturated heterocycles. The number of rotatable bonds is 6. The number of aliphatic imine (C=N–C) groups is 1. The number of hydrogen-bond donors (Lipinski definition) is 3. The lowest BCUT2D eigenvalue weighted by Gasteiger charge is -2.38. The summed E-state index contributed by atoms with van der Waals surface area (Å²) in [5, 5.41) is 14.6. The van der Waals surface area contributed by atoms with Gasteiger partial charge in [0.05, 0.1) is 12.2 Å². The molecule has 0 saturated carbocycles. The molecule has 0 radical (unpaired) electrons. The Balaban J connectivity index is 1.26. The Morgan fingerprint density at radius 2 is 1.97 bits per heavy atom. The number of pyridine rings is 1. The number of aliphatic hydroxyl groups is 1. The molecule has 1 aromatic carbocycles. The standard InChI is InChI=1S/C30H34ClN7O/c1-20(2)36-12-14-37(15-13-36)23-4-6-28(32-9-7-23)35-27-18-25(29(31)38-11-10-33-30(27)38)21-3-5-24-22(8-16-39)19-34-26(24)17-21/h3-7,10-11,17-20,34,39H,8-9,12-16H2,1-2H3,(H,32,35). The molecule has 6 rings (SSSR count). The van der Waals surface area contributed by atoms with Gasteiger partial charge in [0.2, 0.25) is 0 Å². The zero-order valence-electron chi connectivity index (χ0n) is 22.4. The molecule has 39 heavy (non-hydrogen) atoms. The first-order chi connectivity index (χ1) is 19.0. The summed E-state index contributed by atoms with van der Waals surface area (Å²) >= 11 is 6.89. The second kappa shape index (κ2) is 10.9. The monoisotopic (exact) mass is 543 g/mol. The topological polar surface area (TPSA) is 84.2 Å². The summed E-state index contributed by atoms with van der Waals surface area (Å²) in [4.78, 5) is 17.7. The molecule has 0 unspecified atom stereocenters. The number of aliphatic hydroxyl groups excluding tert-OH is 1. The Morgan fingerprint density at radius 1 is 1.13 bits per heavy atom. The van der Waals surface area contributed by atoms with Crippen LogP contribution in [0.1, 0.15) is 19.4 Å². The van der Waals surface area contributed by atoms with Gasteiger partial charge in [0.25, 0.3) is 0 Å². The van der Waals surface area contributed by atoms with Crippen molar-refractivity contribution in [1.82, 2.24) is 24.2 Å². The fourth-order valence-corrected chi connectivity index (χ4v) is 5.81. The molecule has 0 amide bonds. The predicted octanol–water partition coefficient (Wildman–Crippen LogP) is 4.96. The van der Waals surface area contributed by atoms with Crippen LogP contribution >= 0.6 is 11.6 Å². The minimum absolute atomic E-state index is 0.122. The van der Waals surface area contributed by atoms with Crippen LogP contribution in [0.3, 0.4) is 0 Å². The molecule has 4 aromatic rings. The van der Waals surface area contributed by atoms with Crippen molar-refractivity contribution in [3.63, 3.8) is 0 Å². The Kier molecular flexibility index (Phi) is 7.16. The second-order valence-electron chi connectivity index (χ2n) is 10.4. The molecule has 8 nitrogen and oxygen atoms in total. The number of aromatic nitrogens is 3. The van der Waals surface area contributed by atoms with Gasteiger partial charge in [-0.05, 0) is 61.8 Å². The van der Waals surface area contributed by atoms with Crippen LogP contribution in [0.5, 0.6) is 0 Å². The van der Waals surface area contributed by atoms with Crippen LogP contribution in [-0.4, -0.2) is 80.5 Å². The summed E-state index contributed by atoms with van der Waals surface area (Å²) in [6.07, 6.45) is 12.6. The van der Waals surface area contributed by atoms with E-state index in [0.717, 1.165) is 70.9 Å². The Labute approximate surface area is 233 Å². The minimum atomic E-state index is 0.122. The molecule has 1 fully saturated rings. The molecular weight excluding hydrogens is 510 g/mol. The first-order valence-corrected chi connectivity index (χ1v) is 13.9. The summed E-state index contributed by atoms with van der Waals surface area (Å²) in [7, 11) is 0. The Hall–Kier alpha value is -3.59. The highest BCUT2D eigenvalue weighted by Gasteiger charge is 2.20. The Bertz CT molecular complexity index is 1590. The lowest BCUT2D eigenvalue weighted by atomic mass is 10.0. The van der Waals surface area contributed by atoms with Gasteiger partial charge in [0, 0.05) is 79.6 Å². The van der Waals surface area contributed by atoms with Gasteiger partial charge in [-0.1, -0.05) is 23.7 Å². The van der Waals surface area contributed by atoms with E-state index in [1.54, 1.807) is 6.20 Å². The zero-order chi connectivity index (χ0) is 26.9. The molecule has 2 aliphatic heterocycles. The second-order valence-corrected chi connectivity index (χ2v) is 10.7. The SMILES string of the molecule is CC(C)N1CCN(C2=CCN=C(Nc3cc(-c4ccc5c(CCO)c[nH]c5c4)c(Cl)n4ccnc34)C=C2)CC1. The molecule has 202 valence electrons. The maximum Gasteiger partial charge on any atom is 0.161 e. The number of fused-ring (bicyclic) bond motifs is 2. The van der Waals surface area contributed by atoms with Crippen molar-refractivity contribution in [3.05, 3.63) is 77.5 Å². The smallest absolute Gasteiger partial charge is 0.161 e. The van der Waals surface area contributed by atoms with Crippen LogP contribution in [0, 0.1) is 0 Å². The summed E-state index contributed by atoms with van der Waals surface area (Å²) in [6.45, 7) is 9.47. The number of nitrogens with zero attached hydrogens (tertiary/aromatic N) is 5. The van der Waals surface area contributed by atoms with Crippen LogP contribution in [0.2, 0.25) is 5.15 Å². The highest BCUT2D eigenvalue weighted by atomic mass is 35.5. The van der Waals surface area contributed by atoms with Crippen molar-refractivity contribution in [1.29, 1.82) is 0 Å². The third-order valence-electron chi connectivity index (χ3n) is 7.71. The molecule has 0 spiro atoms. The third-order valence-corrected chi connectivity index (χ3v) is 8.10. The van der Waals surface area contributed by atoms with Crippen LogP contribution in [0.15, 0.2) is 71.8 Å². The van der Waals surface area contributed by atoms with E-state index in [1.165, 1.54) is 5.70 Å². The van der Waals surface area contributed by atoms with E-state index in [4.69, 9.17) is 16.6 Å². The average molecular weight is 544 g/mol. The van der Waals surface area contributed by atoms with Gasteiger partial charge in [-0.2, -0.15) is 0 Å². The quantitative estimate of drug-likeness (QED) is 0.299. The minimum Gasteiger partial charge on any atom is -0.396 e. The van der Waals surface area contributed by atoms with E-state index in [-0.39, 0.29) is 6.61 Å². The maximum absolute atomic E-state index is 9.37. The van der Waals surface area contributed by atoms with Crippen molar-refractivity contribution < 1.29 is 5.11 Å². The number of amidine groups is 1. The number of halogens is 1. The molecule has 3 N–H and O–H groups in total. The number of benzene rings is 1. The van der Waals surface area contributed by atoms with E-state index in [0.29, 0.717) is 24.2 Å². The van der Waals surface area contributed by atoms with Crippen LogP contribution < -0.4 is 5.32 Å². The maximum atomic E-state index is 9.37. The number of hydrogen-bond acceptors (Lipinski definition) is 6. The van der Waals surface area contributed by atoms with Gasteiger partial charge < -0.3 is 20.3 Å². The van der Waals surface area contributed by atoms with Gasteiger partial charge >= 0.3 is 0 Å². The van der Waals surface area contributed by atoms with Gasteiger partial charge in [0.1, 0.15) is 11.0 Å². The molecular formula is C30H34ClN7O. The molecule has 3 aromatic heterocycles. The van der Waals surface area contributed by atoms with Crippen molar-refractivity contribution in [2.45, 2.75) is 26.3 Å². The van der Waals surface area contributed by atoms with Crippen molar-refractivity contribution in [2.24, 2.45) is 4.99 Å². The van der Waals surface area contributed by atoms with Crippen molar-refractivity contribution in [3.8, 4) is 11.1 Å². The number of anilines is 1. The largest absolute Gasteiger partial charge is 0.396 e. The fraction of sp³-hybridized carbons (Fsp3) is 0.333. The summed E-state index contributed by atoms with van der Waals surface area (Å²) in [6, 6.07) is 8.89. The summed E-state index contributed by atoms with van der Waals surface area (Å²) < 4.78 is 1.90. The Morgan fingerprint density at radius 3 is 2.77 bits per heavy atom. The van der Waals surface area contributed by atoms with Gasteiger partial charge in [-0.25, -0.2) is 4.98 Å². The molecule has 5 heterocycles. The van der Waals surface area contributed by atoms with Crippen molar-refractivity contribution in [2.75, 3.05) is 44.6 Å². The zero-order valence-corrected chi connectivity index (χ0v) is 23.1. The average Bonchev–Trinajstić information content (AvgIpc) is 3.53. The molecule has 9 heteroatoms. The first-order valence-electron chi connectivity index (χ1n) is 13.6. The number of aromatic amines is 1. The summed E-state index contributed by atoms with van der Waals surface area (Å²) in [5.41, 5.74) is 6.80.